The van der Waals surface area contributed by atoms with Crippen molar-refractivity contribution in [2.24, 2.45) is 4.99 Å². The molecule has 0 N–H and O–H groups in total. The van der Waals surface area contributed by atoms with Crippen LogP contribution in [0.3, 0.4) is 0 Å². The van der Waals surface area contributed by atoms with Gasteiger partial charge >= 0.3 is 0 Å². The van der Waals surface area contributed by atoms with Crippen molar-refractivity contribution in [3.63, 3.8) is 0 Å². The summed E-state index contributed by atoms with van der Waals surface area (Å²) in [6.07, 6.45) is 3.30. The summed E-state index contributed by atoms with van der Waals surface area (Å²) in [5, 5.41) is 0. The number of dihydropyridines is 1. The van der Waals surface area contributed by atoms with E-state index in [0.29, 0.717) is 0 Å². The van der Waals surface area contributed by atoms with E-state index in [-0.39, 0.29) is 5.54 Å². The quantitative estimate of drug-likeness (QED) is 0.455. The maximum absolute atomic E-state index is 4.51. The Morgan fingerprint density at radius 3 is 2.40 bits per heavy atom. The highest BCUT2D eigenvalue weighted by molar-refractivity contribution is 5.85. The molecule has 0 saturated heterocycles. The maximum atomic E-state index is 4.51. The molecular weight excluding hydrogens is 122 g/mol. The van der Waals surface area contributed by atoms with Crippen molar-refractivity contribution in [1.29, 1.82) is 0 Å². The summed E-state index contributed by atoms with van der Waals surface area (Å²) < 4.78 is 0. The SMILES string of the molecule is CC1=CC(C)(C)N=C(C)C1. The lowest BCUT2D eigenvalue weighted by Crippen LogP contribution is -2.20. The van der Waals surface area contributed by atoms with Crippen LogP contribution in [0.15, 0.2) is 16.6 Å². The average Bonchev–Trinajstić information content (AvgIpc) is 1.54. The molecule has 0 radical (unpaired) electrons. The second kappa shape index (κ2) is 2.22. The van der Waals surface area contributed by atoms with Crippen molar-refractivity contribution in [3.8, 4) is 0 Å². The van der Waals surface area contributed by atoms with Crippen LogP contribution in [0.1, 0.15) is 34.1 Å². The standard InChI is InChI=1S/C9H15N/c1-7-5-8(2)10-9(3,4)6-7/h6H,5H2,1-4H3. The Kier molecular flexibility index (Phi) is 1.67. The van der Waals surface area contributed by atoms with E-state index in [2.05, 4.69) is 38.8 Å². The molecule has 0 aliphatic carbocycles. The van der Waals surface area contributed by atoms with Crippen molar-refractivity contribution < 1.29 is 0 Å². The van der Waals surface area contributed by atoms with Crippen molar-refractivity contribution in [2.45, 2.75) is 39.7 Å². The molecule has 0 unspecified atom stereocenters. The molecule has 1 heterocycles. The van der Waals surface area contributed by atoms with E-state index >= 15 is 0 Å². The first-order valence-electron chi connectivity index (χ1n) is 3.73. The molecule has 56 valence electrons. The molecule has 0 saturated carbocycles. The van der Waals surface area contributed by atoms with E-state index in [0.717, 1.165) is 6.42 Å². The molecule has 1 aliphatic heterocycles. The normalized spacial score (nSPS) is 23.6. The molecule has 1 rings (SSSR count). The highest BCUT2D eigenvalue weighted by Gasteiger charge is 2.16. The van der Waals surface area contributed by atoms with Crippen LogP contribution in [0.4, 0.5) is 0 Å². The summed E-state index contributed by atoms with van der Waals surface area (Å²) in [5.41, 5.74) is 2.74. The van der Waals surface area contributed by atoms with Gasteiger partial charge in [-0.3, -0.25) is 4.99 Å². The highest BCUT2D eigenvalue weighted by atomic mass is 14.8. The molecule has 0 bridgehead atoms. The van der Waals surface area contributed by atoms with Crippen LogP contribution < -0.4 is 0 Å². The minimum atomic E-state index is 0.0480. The zero-order valence-electron chi connectivity index (χ0n) is 7.23. The van der Waals surface area contributed by atoms with E-state index in [4.69, 9.17) is 0 Å². The van der Waals surface area contributed by atoms with Crippen LogP contribution in [0.5, 0.6) is 0 Å². The van der Waals surface area contributed by atoms with Crippen LogP contribution in [0, 0.1) is 0 Å². The summed E-state index contributed by atoms with van der Waals surface area (Å²) >= 11 is 0. The van der Waals surface area contributed by atoms with Gasteiger partial charge in [0, 0.05) is 12.1 Å². The first-order chi connectivity index (χ1) is 4.49. The van der Waals surface area contributed by atoms with E-state index in [9.17, 15) is 0 Å². The Hall–Kier alpha value is -0.590. The van der Waals surface area contributed by atoms with Gasteiger partial charge in [0.15, 0.2) is 0 Å². The van der Waals surface area contributed by atoms with Crippen molar-refractivity contribution in [1.82, 2.24) is 0 Å². The molecule has 0 atom stereocenters. The third-order valence-electron chi connectivity index (χ3n) is 1.61. The van der Waals surface area contributed by atoms with Crippen LogP contribution in [-0.2, 0) is 0 Å². The van der Waals surface area contributed by atoms with E-state index < -0.39 is 0 Å². The van der Waals surface area contributed by atoms with Crippen molar-refractivity contribution in [3.05, 3.63) is 11.6 Å². The van der Waals surface area contributed by atoms with Gasteiger partial charge < -0.3 is 0 Å². The van der Waals surface area contributed by atoms with Crippen LogP contribution >= 0.6 is 0 Å². The fourth-order valence-electron chi connectivity index (χ4n) is 1.62. The number of rotatable bonds is 0. The second-order valence-corrected chi connectivity index (χ2v) is 3.67. The predicted octanol–water partition coefficient (Wildman–Crippen LogP) is 2.58. The van der Waals surface area contributed by atoms with Gasteiger partial charge in [0.1, 0.15) is 0 Å². The molecule has 0 aromatic rings. The molecule has 10 heavy (non-hydrogen) atoms. The molecule has 1 aliphatic rings. The Morgan fingerprint density at radius 1 is 1.40 bits per heavy atom. The maximum Gasteiger partial charge on any atom is 0.0733 e. The lowest BCUT2D eigenvalue weighted by molar-refractivity contribution is 0.638. The Bertz CT molecular complexity index is 177. The van der Waals surface area contributed by atoms with Gasteiger partial charge in [-0.05, 0) is 27.7 Å². The van der Waals surface area contributed by atoms with Gasteiger partial charge in [-0.1, -0.05) is 11.6 Å². The van der Waals surface area contributed by atoms with Crippen LogP contribution in [0.2, 0.25) is 0 Å². The molecular formula is C9H15N. The zero-order valence-corrected chi connectivity index (χ0v) is 7.23. The first-order valence-corrected chi connectivity index (χ1v) is 3.73. The molecule has 0 fully saturated rings. The number of nitrogens with zero attached hydrogens (tertiary/aromatic N) is 1. The fraction of sp³-hybridized carbons (Fsp3) is 0.667. The lowest BCUT2D eigenvalue weighted by atomic mass is 9.96. The predicted molar refractivity (Wildman–Crippen MR) is 45.6 cm³/mol. The number of aliphatic imine (C=N–C) groups is 1. The molecule has 0 aromatic heterocycles. The summed E-state index contributed by atoms with van der Waals surface area (Å²) in [6, 6.07) is 0. The van der Waals surface area contributed by atoms with E-state index in [1.54, 1.807) is 0 Å². The van der Waals surface area contributed by atoms with Gasteiger partial charge in [-0.25, -0.2) is 0 Å². The third kappa shape index (κ3) is 1.69. The van der Waals surface area contributed by atoms with Gasteiger partial charge in [-0.2, -0.15) is 0 Å². The summed E-state index contributed by atoms with van der Waals surface area (Å²) in [6.45, 7) is 8.54. The fourth-order valence-corrected chi connectivity index (χ4v) is 1.62. The largest absolute Gasteiger partial charge is 0.284 e. The number of allylic oxidation sites excluding steroid dienone is 1. The molecule has 1 nitrogen and oxygen atoms in total. The number of hydrogen-bond acceptors (Lipinski definition) is 1. The lowest BCUT2D eigenvalue weighted by Gasteiger charge is -2.22. The summed E-state index contributed by atoms with van der Waals surface area (Å²) in [5.74, 6) is 0. The van der Waals surface area contributed by atoms with Gasteiger partial charge in [0.25, 0.3) is 0 Å². The van der Waals surface area contributed by atoms with Gasteiger partial charge in [0.2, 0.25) is 0 Å². The van der Waals surface area contributed by atoms with Crippen LogP contribution in [0.25, 0.3) is 0 Å². The van der Waals surface area contributed by atoms with Crippen molar-refractivity contribution in [2.75, 3.05) is 0 Å². The molecule has 0 aromatic carbocycles. The minimum Gasteiger partial charge on any atom is -0.284 e. The molecule has 1 heteroatoms. The summed E-state index contributed by atoms with van der Waals surface area (Å²) in [4.78, 5) is 4.51. The molecule has 0 spiro atoms. The highest BCUT2D eigenvalue weighted by Crippen LogP contribution is 2.21. The van der Waals surface area contributed by atoms with Crippen molar-refractivity contribution >= 4 is 5.71 Å². The number of hydrogen-bond donors (Lipinski definition) is 0. The smallest absolute Gasteiger partial charge is 0.0733 e. The van der Waals surface area contributed by atoms with Gasteiger partial charge in [-0.15, -0.1) is 0 Å². The first kappa shape index (κ1) is 7.52. The van der Waals surface area contributed by atoms with E-state index in [1.807, 2.05) is 0 Å². The zero-order chi connectivity index (χ0) is 7.78. The Balaban J connectivity index is 2.88. The van der Waals surface area contributed by atoms with E-state index in [1.165, 1.54) is 11.3 Å². The third-order valence-corrected chi connectivity index (χ3v) is 1.61. The second-order valence-electron chi connectivity index (χ2n) is 3.67. The average molecular weight is 137 g/mol. The Labute approximate surface area is 62.9 Å². The summed E-state index contributed by atoms with van der Waals surface area (Å²) in [7, 11) is 0. The monoisotopic (exact) mass is 137 g/mol. The minimum absolute atomic E-state index is 0.0480. The molecule has 0 amide bonds. The van der Waals surface area contributed by atoms with Crippen LogP contribution in [-0.4, -0.2) is 11.3 Å². The topological polar surface area (TPSA) is 12.4 Å². The Morgan fingerprint density at radius 2 is 2.00 bits per heavy atom. The van der Waals surface area contributed by atoms with Gasteiger partial charge in [0.05, 0.1) is 5.54 Å².